The number of hydrogen-bond acceptors (Lipinski definition) is 4. The first-order valence-electron chi connectivity index (χ1n) is 6.03. The lowest BCUT2D eigenvalue weighted by Crippen LogP contribution is -2.30. The summed E-state index contributed by atoms with van der Waals surface area (Å²) < 4.78 is 5.30. The highest BCUT2D eigenvalue weighted by Gasteiger charge is 2.16. The largest absolute Gasteiger partial charge is 0.495 e. The summed E-state index contributed by atoms with van der Waals surface area (Å²) in [6.45, 7) is 0. The van der Waals surface area contributed by atoms with E-state index in [1.165, 1.54) is 0 Å². The lowest BCUT2D eigenvalue weighted by atomic mass is 9.99. The molecule has 1 atom stereocenters. The van der Waals surface area contributed by atoms with Crippen LogP contribution in [0.1, 0.15) is 17.2 Å². The molecule has 0 saturated carbocycles. The zero-order valence-corrected chi connectivity index (χ0v) is 12.4. The van der Waals surface area contributed by atoms with Crippen LogP contribution in [0.2, 0.25) is 10.0 Å². The van der Waals surface area contributed by atoms with Gasteiger partial charge in [-0.05, 0) is 30.2 Å². The molecule has 0 aliphatic carbocycles. The number of halogens is 2. The Kier molecular flexibility index (Phi) is 5.20. The average Bonchev–Trinajstić information content (AvgIpc) is 2.46. The lowest BCUT2D eigenvalue weighted by Gasteiger charge is -2.19. The Morgan fingerprint density at radius 3 is 2.80 bits per heavy atom. The van der Waals surface area contributed by atoms with Crippen molar-refractivity contribution in [2.24, 2.45) is 5.84 Å². The lowest BCUT2D eigenvalue weighted by molar-refractivity contribution is 0.397. The number of nitrogens with two attached hydrogens (primary N) is 1. The number of ether oxygens (including phenoxy) is 1. The molecule has 2 rings (SSSR count). The smallest absolute Gasteiger partial charge is 0.141 e. The van der Waals surface area contributed by atoms with Crippen molar-refractivity contribution in [3.63, 3.8) is 0 Å². The topological polar surface area (TPSA) is 60.2 Å². The molecule has 0 aliphatic rings. The van der Waals surface area contributed by atoms with Gasteiger partial charge in [0.05, 0.1) is 19.3 Å². The fraction of sp³-hybridized carbons (Fsp3) is 0.214. The minimum absolute atomic E-state index is 0.133. The van der Waals surface area contributed by atoms with Gasteiger partial charge in [-0.15, -0.1) is 0 Å². The molecule has 1 heterocycles. The Labute approximate surface area is 127 Å². The van der Waals surface area contributed by atoms with E-state index in [4.69, 9.17) is 33.8 Å². The summed E-state index contributed by atoms with van der Waals surface area (Å²) >= 11 is 12.1. The Balaban J connectivity index is 2.29. The van der Waals surface area contributed by atoms with E-state index in [2.05, 4.69) is 10.4 Å². The van der Waals surface area contributed by atoms with Crippen LogP contribution in [0.15, 0.2) is 36.7 Å². The summed E-state index contributed by atoms with van der Waals surface area (Å²) in [5.74, 6) is 6.34. The molecule has 4 nitrogen and oxygen atoms in total. The first kappa shape index (κ1) is 15.1. The molecule has 3 N–H and O–H groups in total. The zero-order chi connectivity index (χ0) is 14.5. The summed E-state index contributed by atoms with van der Waals surface area (Å²) in [6, 6.07) is 7.15. The van der Waals surface area contributed by atoms with Crippen LogP contribution in [0.3, 0.4) is 0 Å². The van der Waals surface area contributed by atoms with E-state index in [1.807, 2.05) is 12.1 Å². The van der Waals surface area contributed by atoms with Gasteiger partial charge in [0.15, 0.2) is 0 Å². The van der Waals surface area contributed by atoms with Gasteiger partial charge < -0.3 is 4.74 Å². The second-order valence-corrected chi connectivity index (χ2v) is 5.12. The Morgan fingerprint density at radius 1 is 1.35 bits per heavy atom. The first-order valence-corrected chi connectivity index (χ1v) is 6.79. The molecule has 2 aromatic rings. The molecule has 20 heavy (non-hydrogen) atoms. The Hall–Kier alpha value is -1.33. The molecular formula is C14H15Cl2N3O. The number of hydrazine groups is 1. The monoisotopic (exact) mass is 311 g/mol. The van der Waals surface area contributed by atoms with Crippen LogP contribution in [0.4, 0.5) is 0 Å². The van der Waals surface area contributed by atoms with Gasteiger partial charge in [0.25, 0.3) is 0 Å². The molecule has 0 spiro atoms. The van der Waals surface area contributed by atoms with Crippen molar-refractivity contribution < 1.29 is 4.74 Å². The summed E-state index contributed by atoms with van der Waals surface area (Å²) in [7, 11) is 1.60. The third-order valence-corrected chi connectivity index (χ3v) is 3.64. The molecule has 0 bridgehead atoms. The maximum Gasteiger partial charge on any atom is 0.141 e. The van der Waals surface area contributed by atoms with Gasteiger partial charge in [-0.25, -0.2) is 0 Å². The van der Waals surface area contributed by atoms with Crippen molar-refractivity contribution >= 4 is 23.2 Å². The third kappa shape index (κ3) is 3.41. The van der Waals surface area contributed by atoms with Gasteiger partial charge in [-0.3, -0.25) is 16.3 Å². The maximum absolute atomic E-state index is 6.20. The van der Waals surface area contributed by atoms with Gasteiger partial charge in [-0.2, -0.15) is 0 Å². The minimum Gasteiger partial charge on any atom is -0.495 e. The summed E-state index contributed by atoms with van der Waals surface area (Å²) in [5, 5.41) is 1.23. The van der Waals surface area contributed by atoms with Crippen LogP contribution >= 0.6 is 23.2 Å². The van der Waals surface area contributed by atoms with Crippen LogP contribution in [-0.4, -0.2) is 12.1 Å². The van der Waals surface area contributed by atoms with Crippen LogP contribution in [0.25, 0.3) is 0 Å². The highest BCUT2D eigenvalue weighted by molar-refractivity contribution is 6.35. The summed E-state index contributed by atoms with van der Waals surface area (Å²) in [4.78, 5) is 4.03. The first-order chi connectivity index (χ1) is 9.65. The quantitative estimate of drug-likeness (QED) is 0.658. The molecule has 0 amide bonds. The molecule has 0 fully saturated rings. The average molecular weight is 312 g/mol. The molecule has 1 aromatic heterocycles. The van der Waals surface area contributed by atoms with Crippen molar-refractivity contribution in [3.05, 3.63) is 57.8 Å². The molecule has 0 saturated heterocycles. The number of rotatable bonds is 5. The van der Waals surface area contributed by atoms with Crippen molar-refractivity contribution in [2.45, 2.75) is 12.5 Å². The fourth-order valence-electron chi connectivity index (χ4n) is 2.01. The second-order valence-electron chi connectivity index (χ2n) is 4.28. The van der Waals surface area contributed by atoms with E-state index in [0.29, 0.717) is 22.2 Å². The molecule has 1 unspecified atom stereocenters. The van der Waals surface area contributed by atoms with Crippen LogP contribution < -0.4 is 16.0 Å². The number of nitrogens with zero attached hydrogens (tertiary/aromatic N) is 1. The van der Waals surface area contributed by atoms with Gasteiger partial charge in [0.2, 0.25) is 0 Å². The highest BCUT2D eigenvalue weighted by Crippen LogP contribution is 2.29. The molecule has 0 aliphatic heterocycles. The van der Waals surface area contributed by atoms with Gasteiger partial charge in [0, 0.05) is 21.8 Å². The summed E-state index contributed by atoms with van der Waals surface area (Å²) in [5.41, 5.74) is 4.67. The maximum atomic E-state index is 6.20. The third-order valence-electron chi connectivity index (χ3n) is 3.05. The van der Waals surface area contributed by atoms with Crippen molar-refractivity contribution in [1.82, 2.24) is 10.4 Å². The van der Waals surface area contributed by atoms with E-state index < -0.39 is 0 Å². The molecular weight excluding hydrogens is 297 g/mol. The van der Waals surface area contributed by atoms with Crippen molar-refractivity contribution in [1.29, 1.82) is 0 Å². The van der Waals surface area contributed by atoms with Crippen LogP contribution in [-0.2, 0) is 6.42 Å². The number of aromatic nitrogens is 1. The number of nitrogens with one attached hydrogen (secondary N) is 1. The minimum atomic E-state index is -0.133. The number of hydrogen-bond donors (Lipinski definition) is 2. The SMILES string of the molecule is COc1cnccc1C(Cc1ccc(Cl)cc1Cl)NN. The second kappa shape index (κ2) is 6.90. The van der Waals surface area contributed by atoms with Crippen LogP contribution in [0, 0.1) is 0 Å². The molecule has 0 radical (unpaired) electrons. The van der Waals surface area contributed by atoms with Crippen molar-refractivity contribution in [2.75, 3.05) is 7.11 Å². The van der Waals surface area contributed by atoms with Gasteiger partial charge in [0.1, 0.15) is 5.75 Å². The van der Waals surface area contributed by atoms with Gasteiger partial charge in [-0.1, -0.05) is 29.3 Å². The molecule has 6 heteroatoms. The fourth-order valence-corrected chi connectivity index (χ4v) is 2.50. The Bertz CT molecular complexity index is 592. The molecule has 1 aromatic carbocycles. The highest BCUT2D eigenvalue weighted by atomic mass is 35.5. The standard InChI is InChI=1S/C14H15Cl2N3O/c1-20-14-8-18-5-4-11(14)13(19-17)6-9-2-3-10(15)7-12(9)16/h2-5,7-8,13,19H,6,17H2,1H3. The number of pyridine rings is 1. The van der Waals surface area contributed by atoms with Crippen LogP contribution in [0.5, 0.6) is 5.75 Å². The number of benzene rings is 1. The number of methoxy groups -OCH3 is 1. The predicted octanol–water partition coefficient (Wildman–Crippen LogP) is 3.14. The van der Waals surface area contributed by atoms with Gasteiger partial charge >= 0.3 is 0 Å². The molecule has 106 valence electrons. The normalized spacial score (nSPS) is 12.2. The van der Waals surface area contributed by atoms with E-state index >= 15 is 0 Å². The summed E-state index contributed by atoms with van der Waals surface area (Å²) in [6.07, 6.45) is 3.97. The van der Waals surface area contributed by atoms with E-state index in [0.717, 1.165) is 11.1 Å². The van der Waals surface area contributed by atoms with Crippen molar-refractivity contribution in [3.8, 4) is 5.75 Å². The Morgan fingerprint density at radius 2 is 2.15 bits per heavy atom. The zero-order valence-electron chi connectivity index (χ0n) is 10.9. The van der Waals surface area contributed by atoms with E-state index in [9.17, 15) is 0 Å². The predicted molar refractivity (Wildman–Crippen MR) is 81.0 cm³/mol. The van der Waals surface area contributed by atoms with E-state index in [1.54, 1.807) is 31.6 Å². The van der Waals surface area contributed by atoms with E-state index in [-0.39, 0.29) is 6.04 Å².